The van der Waals surface area contributed by atoms with E-state index in [1.54, 1.807) is 0 Å². The maximum Gasteiger partial charge on any atom is -0.0231 e. The van der Waals surface area contributed by atoms with Gasteiger partial charge in [-0.2, -0.15) is 0 Å². The largest absolute Gasteiger partial charge is 0.0810 e. The van der Waals surface area contributed by atoms with E-state index in [0.29, 0.717) is 0 Å². The van der Waals surface area contributed by atoms with Crippen LogP contribution in [0.3, 0.4) is 0 Å². The molecule has 1 aromatic rings. The number of benzene rings is 1. The summed E-state index contributed by atoms with van der Waals surface area (Å²) in [6.45, 7) is 4.53. The van der Waals surface area contributed by atoms with E-state index in [9.17, 15) is 0 Å². The summed E-state index contributed by atoms with van der Waals surface area (Å²) in [5, 5.41) is 0. The molecule has 0 bridgehead atoms. The fourth-order valence-electron chi connectivity index (χ4n) is 3.30. The number of hydrogen-bond donors (Lipinski definition) is 0. The molecule has 0 aliphatic heterocycles. The van der Waals surface area contributed by atoms with Crippen LogP contribution in [0.15, 0.2) is 36.4 Å². The Hall–Kier alpha value is -1.04. The molecule has 24 heavy (non-hydrogen) atoms. The molecule has 1 aromatic carbocycles. The van der Waals surface area contributed by atoms with Crippen LogP contribution in [0.4, 0.5) is 0 Å². The molecule has 0 spiro atoms. The molecule has 0 radical (unpaired) electrons. The summed E-state index contributed by atoms with van der Waals surface area (Å²) in [5.41, 5.74) is 2.79. The standard InChI is InChI=1S/C24H40/c1-3-4-5-6-7-8-9-10-11-12-13-14-15-17-20-23(2)24-21-18-16-19-22-24/h16,18-22H,3-15,17H2,1-2H3. The lowest BCUT2D eigenvalue weighted by Crippen LogP contribution is -1.83. The molecule has 0 aliphatic rings. The Balaban J connectivity index is 1.85. The van der Waals surface area contributed by atoms with Gasteiger partial charge in [0, 0.05) is 0 Å². The van der Waals surface area contributed by atoms with Crippen LogP contribution < -0.4 is 0 Å². The van der Waals surface area contributed by atoms with Gasteiger partial charge in [0.05, 0.1) is 0 Å². The van der Waals surface area contributed by atoms with Crippen molar-refractivity contribution in [2.45, 2.75) is 104 Å². The number of allylic oxidation sites excluding steroid dienone is 2. The van der Waals surface area contributed by atoms with Gasteiger partial charge in [-0.1, -0.05) is 120 Å². The first-order valence-corrected chi connectivity index (χ1v) is 10.6. The second-order valence-corrected chi connectivity index (χ2v) is 7.28. The van der Waals surface area contributed by atoms with Crippen molar-refractivity contribution in [3.05, 3.63) is 42.0 Å². The molecule has 0 aliphatic carbocycles. The zero-order valence-corrected chi connectivity index (χ0v) is 16.4. The molecule has 0 N–H and O–H groups in total. The molecule has 0 aromatic heterocycles. The Labute approximate surface area is 151 Å². The van der Waals surface area contributed by atoms with Gasteiger partial charge in [-0.05, 0) is 30.9 Å². The SMILES string of the molecule is CCCCCCCCCCCCCCCC=C(C)c1ccccc1. The maximum absolute atomic E-state index is 2.41. The van der Waals surface area contributed by atoms with Gasteiger partial charge in [0.15, 0.2) is 0 Å². The van der Waals surface area contributed by atoms with Crippen molar-refractivity contribution in [2.24, 2.45) is 0 Å². The van der Waals surface area contributed by atoms with Crippen molar-refractivity contribution < 1.29 is 0 Å². The Bertz CT molecular complexity index is 401. The summed E-state index contributed by atoms with van der Waals surface area (Å²) in [6, 6.07) is 10.7. The van der Waals surface area contributed by atoms with E-state index in [0.717, 1.165) is 0 Å². The highest BCUT2D eigenvalue weighted by atomic mass is 14.0. The van der Waals surface area contributed by atoms with Crippen LogP contribution in [0, 0.1) is 0 Å². The fourth-order valence-corrected chi connectivity index (χ4v) is 3.30. The second-order valence-electron chi connectivity index (χ2n) is 7.28. The Morgan fingerprint density at radius 1 is 0.667 bits per heavy atom. The van der Waals surface area contributed by atoms with Crippen LogP contribution in [0.2, 0.25) is 0 Å². The monoisotopic (exact) mass is 328 g/mol. The Kier molecular flexibility index (Phi) is 13.6. The maximum atomic E-state index is 2.41. The molecule has 0 fully saturated rings. The highest BCUT2D eigenvalue weighted by molar-refractivity contribution is 5.63. The molecule has 1 rings (SSSR count). The Morgan fingerprint density at radius 3 is 1.62 bits per heavy atom. The van der Waals surface area contributed by atoms with E-state index >= 15 is 0 Å². The number of hydrogen-bond acceptors (Lipinski definition) is 0. The van der Waals surface area contributed by atoms with Crippen LogP contribution in [0.25, 0.3) is 5.57 Å². The quantitative estimate of drug-likeness (QED) is 0.283. The summed E-state index contributed by atoms with van der Waals surface area (Å²) < 4.78 is 0. The zero-order chi connectivity index (χ0) is 17.3. The minimum atomic E-state index is 1.23. The van der Waals surface area contributed by atoms with Gasteiger partial charge in [-0.25, -0.2) is 0 Å². The summed E-state index contributed by atoms with van der Waals surface area (Å²) in [5.74, 6) is 0. The van der Waals surface area contributed by atoms with E-state index < -0.39 is 0 Å². The lowest BCUT2D eigenvalue weighted by atomic mass is 10.0. The molecule has 0 unspecified atom stereocenters. The molecular formula is C24H40. The number of unbranched alkanes of at least 4 members (excludes halogenated alkanes) is 13. The first-order valence-electron chi connectivity index (χ1n) is 10.6. The molecule has 0 atom stereocenters. The summed E-state index contributed by atoms with van der Waals surface area (Å²) in [4.78, 5) is 0. The predicted octanol–water partition coefficient (Wildman–Crippen LogP) is 8.57. The highest BCUT2D eigenvalue weighted by Crippen LogP contribution is 2.16. The van der Waals surface area contributed by atoms with E-state index in [1.165, 1.54) is 101 Å². The van der Waals surface area contributed by atoms with Gasteiger partial charge in [-0.15, -0.1) is 0 Å². The fraction of sp³-hybridized carbons (Fsp3) is 0.667. The third-order valence-corrected chi connectivity index (χ3v) is 4.99. The van der Waals surface area contributed by atoms with E-state index in [4.69, 9.17) is 0 Å². The molecule has 0 heteroatoms. The number of rotatable bonds is 15. The molecular weight excluding hydrogens is 288 g/mol. The normalized spacial score (nSPS) is 11.8. The average Bonchev–Trinajstić information content (AvgIpc) is 2.62. The average molecular weight is 329 g/mol. The first-order chi connectivity index (χ1) is 11.8. The van der Waals surface area contributed by atoms with Crippen LogP contribution in [-0.2, 0) is 0 Å². The van der Waals surface area contributed by atoms with Gasteiger partial charge in [0.2, 0.25) is 0 Å². The van der Waals surface area contributed by atoms with Crippen LogP contribution in [0.5, 0.6) is 0 Å². The van der Waals surface area contributed by atoms with Crippen LogP contribution in [-0.4, -0.2) is 0 Å². The van der Waals surface area contributed by atoms with Gasteiger partial charge in [0.25, 0.3) is 0 Å². The van der Waals surface area contributed by atoms with E-state index in [-0.39, 0.29) is 0 Å². The smallest absolute Gasteiger partial charge is 0.0231 e. The van der Waals surface area contributed by atoms with Crippen LogP contribution in [0.1, 0.15) is 109 Å². The summed E-state index contributed by atoms with van der Waals surface area (Å²) in [7, 11) is 0. The molecule has 0 saturated carbocycles. The molecule has 0 heterocycles. The van der Waals surface area contributed by atoms with E-state index in [2.05, 4.69) is 50.3 Å². The minimum Gasteiger partial charge on any atom is -0.0810 e. The van der Waals surface area contributed by atoms with Gasteiger partial charge in [-0.3, -0.25) is 0 Å². The topological polar surface area (TPSA) is 0 Å². The van der Waals surface area contributed by atoms with Gasteiger partial charge >= 0.3 is 0 Å². The molecule has 0 saturated heterocycles. The van der Waals surface area contributed by atoms with Crippen molar-refractivity contribution in [2.75, 3.05) is 0 Å². The summed E-state index contributed by atoms with van der Waals surface area (Å²) in [6.07, 6.45) is 22.3. The lowest BCUT2D eigenvalue weighted by Gasteiger charge is -2.03. The highest BCUT2D eigenvalue weighted by Gasteiger charge is 1.95. The van der Waals surface area contributed by atoms with Crippen molar-refractivity contribution >= 4 is 5.57 Å². The zero-order valence-electron chi connectivity index (χ0n) is 16.4. The third-order valence-electron chi connectivity index (χ3n) is 4.99. The van der Waals surface area contributed by atoms with Gasteiger partial charge < -0.3 is 0 Å². The Morgan fingerprint density at radius 2 is 1.12 bits per heavy atom. The van der Waals surface area contributed by atoms with Crippen molar-refractivity contribution in [1.29, 1.82) is 0 Å². The predicted molar refractivity (Wildman–Crippen MR) is 110 cm³/mol. The van der Waals surface area contributed by atoms with Crippen molar-refractivity contribution in [3.8, 4) is 0 Å². The lowest BCUT2D eigenvalue weighted by molar-refractivity contribution is 0.540. The third kappa shape index (κ3) is 11.5. The first kappa shape index (κ1) is 21.0. The molecule has 0 amide bonds. The summed E-state index contributed by atoms with van der Waals surface area (Å²) >= 11 is 0. The van der Waals surface area contributed by atoms with Crippen LogP contribution >= 0.6 is 0 Å². The molecule has 136 valence electrons. The molecule has 0 nitrogen and oxygen atoms in total. The van der Waals surface area contributed by atoms with Crippen molar-refractivity contribution in [3.63, 3.8) is 0 Å². The van der Waals surface area contributed by atoms with Gasteiger partial charge in [0.1, 0.15) is 0 Å². The second kappa shape index (κ2) is 15.5. The minimum absolute atomic E-state index is 1.23. The van der Waals surface area contributed by atoms with E-state index in [1.807, 2.05) is 0 Å². The van der Waals surface area contributed by atoms with Crippen molar-refractivity contribution in [1.82, 2.24) is 0 Å².